The molecule has 2 unspecified atom stereocenters. The number of nitrogens with one attached hydrogen (secondary N) is 1. The van der Waals surface area contributed by atoms with Gasteiger partial charge in [-0.25, -0.2) is 0 Å². The van der Waals surface area contributed by atoms with Crippen molar-refractivity contribution in [3.63, 3.8) is 0 Å². The highest BCUT2D eigenvalue weighted by Gasteiger charge is 2.26. The Bertz CT molecular complexity index is 600. The molecule has 0 aromatic heterocycles. The molecule has 2 atom stereocenters. The van der Waals surface area contributed by atoms with Crippen molar-refractivity contribution >= 4 is 11.7 Å². The van der Waals surface area contributed by atoms with Gasteiger partial charge in [0.25, 0.3) is 0 Å². The first kappa shape index (κ1) is 17.3. The smallest absolute Gasteiger partial charge is 0.231 e. The van der Waals surface area contributed by atoms with Crippen LogP contribution in [-0.2, 0) is 4.79 Å². The van der Waals surface area contributed by atoms with Crippen LogP contribution in [-0.4, -0.2) is 42.6 Å². The third kappa shape index (κ3) is 3.82. The Labute approximate surface area is 136 Å². The normalized spacial score (nSPS) is 15.6. The molecule has 126 valence electrons. The van der Waals surface area contributed by atoms with E-state index in [1.165, 1.54) is 0 Å². The van der Waals surface area contributed by atoms with Gasteiger partial charge in [0.1, 0.15) is 0 Å². The second kappa shape index (κ2) is 7.00. The molecule has 0 aliphatic carbocycles. The Morgan fingerprint density at radius 1 is 1.13 bits per heavy atom. The number of carbonyl (C=O) groups is 2. The van der Waals surface area contributed by atoms with Crippen LogP contribution in [0, 0.1) is 5.92 Å². The Morgan fingerprint density at radius 2 is 1.78 bits per heavy atom. The monoisotopic (exact) mass is 320 g/mol. The number of nitrogens with zero attached hydrogens (tertiary/aromatic N) is 1. The zero-order chi connectivity index (χ0) is 17.1. The van der Waals surface area contributed by atoms with Gasteiger partial charge in [-0.3, -0.25) is 14.5 Å². The van der Waals surface area contributed by atoms with Gasteiger partial charge in [0.2, 0.25) is 12.7 Å². The van der Waals surface area contributed by atoms with Crippen molar-refractivity contribution in [3.05, 3.63) is 23.8 Å². The van der Waals surface area contributed by atoms with E-state index in [9.17, 15) is 9.59 Å². The lowest BCUT2D eigenvalue weighted by atomic mass is 10.0. The van der Waals surface area contributed by atoms with E-state index >= 15 is 0 Å². The number of ketones is 1. The number of ether oxygens (including phenoxy) is 2. The van der Waals surface area contributed by atoms with Gasteiger partial charge in [-0.05, 0) is 39.1 Å². The van der Waals surface area contributed by atoms with Crippen molar-refractivity contribution in [2.24, 2.45) is 5.92 Å². The lowest BCUT2D eigenvalue weighted by Crippen LogP contribution is -2.51. The first-order valence-electron chi connectivity index (χ1n) is 7.77. The molecule has 0 saturated heterocycles. The molecule has 0 spiro atoms. The fourth-order valence-corrected chi connectivity index (χ4v) is 2.29. The van der Waals surface area contributed by atoms with Crippen molar-refractivity contribution in [2.45, 2.75) is 39.9 Å². The number of rotatable bonds is 6. The van der Waals surface area contributed by atoms with Gasteiger partial charge in [0, 0.05) is 11.5 Å². The topological polar surface area (TPSA) is 67.9 Å². The number of fused-ring (bicyclic) bond motifs is 1. The molecular formula is C17H24N2O4. The van der Waals surface area contributed by atoms with E-state index in [0.29, 0.717) is 17.1 Å². The summed E-state index contributed by atoms with van der Waals surface area (Å²) in [7, 11) is 1.82. The minimum absolute atomic E-state index is 0.0311. The summed E-state index contributed by atoms with van der Waals surface area (Å²) < 4.78 is 10.6. The molecule has 0 radical (unpaired) electrons. The number of likely N-dealkylation sites (N-methyl/N-ethyl adjacent to an activating group) is 1. The van der Waals surface area contributed by atoms with Crippen molar-refractivity contribution < 1.29 is 19.1 Å². The fourth-order valence-electron chi connectivity index (χ4n) is 2.29. The van der Waals surface area contributed by atoms with Crippen molar-refractivity contribution in [1.82, 2.24) is 10.2 Å². The highest BCUT2D eigenvalue weighted by atomic mass is 16.7. The molecule has 0 bridgehead atoms. The maximum Gasteiger partial charge on any atom is 0.231 e. The van der Waals surface area contributed by atoms with Crippen LogP contribution in [0.2, 0.25) is 0 Å². The number of carbonyl (C=O) groups excluding carboxylic acids is 2. The van der Waals surface area contributed by atoms with Crippen molar-refractivity contribution in [1.29, 1.82) is 0 Å². The van der Waals surface area contributed by atoms with Crippen LogP contribution in [0.3, 0.4) is 0 Å². The molecule has 0 fully saturated rings. The van der Waals surface area contributed by atoms with Crippen LogP contribution in [0.15, 0.2) is 18.2 Å². The van der Waals surface area contributed by atoms with E-state index in [-0.39, 0.29) is 36.6 Å². The maximum atomic E-state index is 12.7. The molecule has 1 aliphatic rings. The predicted molar refractivity (Wildman–Crippen MR) is 86.6 cm³/mol. The molecule has 6 nitrogen and oxygen atoms in total. The van der Waals surface area contributed by atoms with Gasteiger partial charge < -0.3 is 14.8 Å². The van der Waals surface area contributed by atoms with E-state index < -0.39 is 0 Å². The molecule has 0 saturated carbocycles. The maximum absolute atomic E-state index is 12.7. The summed E-state index contributed by atoms with van der Waals surface area (Å²) in [5, 5.41) is 2.90. The molecule has 6 heteroatoms. The summed E-state index contributed by atoms with van der Waals surface area (Å²) >= 11 is 0. The quantitative estimate of drug-likeness (QED) is 0.642. The van der Waals surface area contributed by atoms with Crippen LogP contribution in [0.4, 0.5) is 0 Å². The van der Waals surface area contributed by atoms with Gasteiger partial charge in [-0.15, -0.1) is 0 Å². The highest BCUT2D eigenvalue weighted by Crippen LogP contribution is 2.33. The zero-order valence-corrected chi connectivity index (χ0v) is 14.3. The summed E-state index contributed by atoms with van der Waals surface area (Å²) in [6, 6.07) is 4.80. The summed E-state index contributed by atoms with van der Waals surface area (Å²) in [6.45, 7) is 7.54. The molecule has 1 heterocycles. The highest BCUT2D eigenvalue weighted by molar-refractivity contribution is 6.00. The fraction of sp³-hybridized carbons (Fsp3) is 0.529. The minimum Gasteiger partial charge on any atom is -0.454 e. The molecule has 1 aromatic carbocycles. The van der Waals surface area contributed by atoms with Gasteiger partial charge >= 0.3 is 0 Å². The van der Waals surface area contributed by atoms with Crippen LogP contribution in [0.1, 0.15) is 38.1 Å². The SMILES string of the molecule is CC(C)C(=O)NC(C)N(C)C(C)C(=O)c1ccc2c(c1)OCO2. The predicted octanol–water partition coefficient (Wildman–Crippen LogP) is 2.04. The van der Waals surface area contributed by atoms with Gasteiger partial charge in [-0.2, -0.15) is 0 Å². The third-order valence-electron chi connectivity index (χ3n) is 4.13. The van der Waals surface area contributed by atoms with Crippen molar-refractivity contribution in [3.8, 4) is 11.5 Å². The molecule has 23 heavy (non-hydrogen) atoms. The number of Topliss-reactive ketones (excluding diaryl/α,β-unsaturated/α-hetero) is 1. The van der Waals surface area contributed by atoms with E-state index in [0.717, 1.165) is 0 Å². The number of hydrogen-bond donors (Lipinski definition) is 1. The molecule has 1 aromatic rings. The Kier molecular flexibility index (Phi) is 5.26. The van der Waals surface area contributed by atoms with Crippen LogP contribution >= 0.6 is 0 Å². The molecular weight excluding hydrogens is 296 g/mol. The largest absolute Gasteiger partial charge is 0.454 e. The van der Waals surface area contributed by atoms with Crippen LogP contribution < -0.4 is 14.8 Å². The lowest BCUT2D eigenvalue weighted by Gasteiger charge is -2.31. The summed E-state index contributed by atoms with van der Waals surface area (Å²) in [6.07, 6.45) is -0.238. The summed E-state index contributed by atoms with van der Waals surface area (Å²) in [5.74, 6) is 1.08. The molecule has 1 N–H and O–H groups in total. The van der Waals surface area contributed by atoms with Gasteiger partial charge in [-0.1, -0.05) is 13.8 Å². The van der Waals surface area contributed by atoms with E-state index in [4.69, 9.17) is 9.47 Å². The third-order valence-corrected chi connectivity index (χ3v) is 4.13. The number of amides is 1. The first-order valence-corrected chi connectivity index (χ1v) is 7.77. The van der Waals surface area contributed by atoms with Gasteiger partial charge in [0.15, 0.2) is 17.3 Å². The van der Waals surface area contributed by atoms with E-state index in [1.54, 1.807) is 18.2 Å². The average Bonchev–Trinajstić information content (AvgIpc) is 2.99. The lowest BCUT2D eigenvalue weighted by molar-refractivity contribution is -0.125. The standard InChI is InChI=1S/C17H24N2O4/c1-10(2)17(21)18-12(4)19(5)11(3)16(20)13-6-7-14-15(8-13)23-9-22-14/h6-8,10-12H,9H2,1-5H3,(H,18,21). The zero-order valence-electron chi connectivity index (χ0n) is 14.3. The molecule has 2 rings (SSSR count). The summed E-state index contributed by atoms with van der Waals surface area (Å²) in [5.41, 5.74) is 0.566. The van der Waals surface area contributed by atoms with Crippen LogP contribution in [0.25, 0.3) is 0 Å². The van der Waals surface area contributed by atoms with Crippen molar-refractivity contribution in [2.75, 3.05) is 13.8 Å². The number of benzene rings is 1. The minimum atomic E-state index is -0.377. The molecule has 1 aliphatic heterocycles. The second-order valence-corrected chi connectivity index (χ2v) is 6.11. The Hall–Kier alpha value is -2.08. The van der Waals surface area contributed by atoms with E-state index in [1.807, 2.05) is 39.6 Å². The van der Waals surface area contributed by atoms with Crippen LogP contribution in [0.5, 0.6) is 11.5 Å². The Balaban J connectivity index is 2.05. The number of hydrogen-bond acceptors (Lipinski definition) is 5. The summed E-state index contributed by atoms with van der Waals surface area (Å²) in [4.78, 5) is 26.3. The molecule has 1 amide bonds. The van der Waals surface area contributed by atoms with Gasteiger partial charge in [0.05, 0.1) is 12.2 Å². The Morgan fingerprint density at radius 3 is 2.43 bits per heavy atom. The first-order chi connectivity index (χ1) is 10.8. The average molecular weight is 320 g/mol. The second-order valence-electron chi connectivity index (χ2n) is 6.11. The van der Waals surface area contributed by atoms with E-state index in [2.05, 4.69) is 5.32 Å².